The maximum Gasteiger partial charge on any atom is 0.0998 e. The van der Waals surface area contributed by atoms with Crippen LogP contribution in [-0.4, -0.2) is 0 Å². The van der Waals surface area contributed by atoms with Crippen LogP contribution in [0.25, 0.3) is 33.4 Å². The molecule has 6 aromatic rings. The molecule has 0 fully saturated rings. The zero-order valence-corrected chi connectivity index (χ0v) is 23.1. The van der Waals surface area contributed by atoms with Crippen LogP contribution >= 0.6 is 0 Å². The number of hydrogen-bond acceptors (Lipinski definition) is 4. The van der Waals surface area contributed by atoms with Crippen molar-refractivity contribution in [3.63, 3.8) is 0 Å². The summed E-state index contributed by atoms with van der Waals surface area (Å²) >= 11 is 0. The van der Waals surface area contributed by atoms with Gasteiger partial charge in [-0.3, -0.25) is 0 Å². The van der Waals surface area contributed by atoms with E-state index in [-0.39, 0.29) is 0 Å². The number of benzene rings is 6. The molecule has 0 aromatic heterocycles. The molecule has 0 atom stereocenters. The Kier molecular flexibility index (Phi) is 7.47. The van der Waals surface area contributed by atoms with Gasteiger partial charge < -0.3 is 4.90 Å². The first-order chi connectivity index (χ1) is 21.2. The molecule has 0 heterocycles. The molecule has 0 saturated heterocycles. The molecule has 6 rings (SSSR count). The minimum atomic E-state index is 0.570. The van der Waals surface area contributed by atoms with E-state index in [2.05, 4.69) is 23.1 Å². The third-order valence-electron chi connectivity index (χ3n) is 7.45. The molecule has 4 nitrogen and oxygen atoms in total. The summed E-state index contributed by atoms with van der Waals surface area (Å²) in [7, 11) is 0. The van der Waals surface area contributed by atoms with Gasteiger partial charge in [-0.25, -0.2) is 0 Å². The second kappa shape index (κ2) is 12.0. The standard InChI is InChI=1S/C39H24N4/c40-25-28-13-1-4-16-31(28)34-19-7-10-22-37(34)43(38-23-11-8-20-35(38)32-17-5-2-14-29(32)26-41)39-24-12-9-21-36(39)33-18-6-3-15-30(33)27-42/h1-24H. The van der Waals surface area contributed by atoms with Gasteiger partial charge in [0.1, 0.15) is 0 Å². The first-order valence-electron chi connectivity index (χ1n) is 13.8. The van der Waals surface area contributed by atoms with E-state index in [1.807, 2.05) is 146 Å². The van der Waals surface area contributed by atoms with Crippen molar-refractivity contribution in [1.82, 2.24) is 0 Å². The SMILES string of the molecule is N#Cc1ccccc1-c1ccccc1N(c1ccccc1-c1ccccc1C#N)c1ccccc1-c1ccccc1C#N. The van der Waals surface area contributed by atoms with E-state index in [0.717, 1.165) is 50.4 Å². The molecule has 4 heteroatoms. The summed E-state index contributed by atoms with van der Waals surface area (Å²) in [4.78, 5) is 2.18. The van der Waals surface area contributed by atoms with Crippen molar-refractivity contribution in [2.45, 2.75) is 0 Å². The van der Waals surface area contributed by atoms with Gasteiger partial charge in [0.2, 0.25) is 0 Å². The van der Waals surface area contributed by atoms with Gasteiger partial charge in [0.05, 0.1) is 52.0 Å². The van der Waals surface area contributed by atoms with Gasteiger partial charge in [-0.05, 0) is 36.4 Å². The Labute approximate surface area is 251 Å². The summed E-state index contributed by atoms with van der Waals surface area (Å²) in [5.41, 5.74) is 9.37. The van der Waals surface area contributed by atoms with E-state index in [0.29, 0.717) is 16.7 Å². The van der Waals surface area contributed by atoms with E-state index in [1.54, 1.807) is 0 Å². The fourth-order valence-electron chi connectivity index (χ4n) is 5.52. The van der Waals surface area contributed by atoms with Gasteiger partial charge >= 0.3 is 0 Å². The molecule has 0 amide bonds. The highest BCUT2D eigenvalue weighted by atomic mass is 15.1. The van der Waals surface area contributed by atoms with Gasteiger partial charge in [0, 0.05) is 33.4 Å². The molecule has 0 aliphatic heterocycles. The fraction of sp³-hybridized carbons (Fsp3) is 0. The topological polar surface area (TPSA) is 74.6 Å². The molecule has 200 valence electrons. The van der Waals surface area contributed by atoms with E-state index in [1.165, 1.54) is 0 Å². The second-order valence-electron chi connectivity index (χ2n) is 9.86. The average molecular weight is 549 g/mol. The molecular weight excluding hydrogens is 524 g/mol. The lowest BCUT2D eigenvalue weighted by molar-refractivity contribution is 1.28. The van der Waals surface area contributed by atoms with E-state index >= 15 is 0 Å². The Morgan fingerprint density at radius 2 is 0.535 bits per heavy atom. The van der Waals surface area contributed by atoms with Gasteiger partial charge in [-0.2, -0.15) is 15.8 Å². The number of nitriles is 3. The molecule has 0 bridgehead atoms. The summed E-state index contributed by atoms with van der Waals surface area (Å²) in [6, 6.07) is 53.9. The Bertz CT molecular complexity index is 1850. The number of anilines is 3. The Morgan fingerprint density at radius 3 is 0.814 bits per heavy atom. The smallest absolute Gasteiger partial charge is 0.0998 e. The van der Waals surface area contributed by atoms with Crippen LogP contribution in [0, 0.1) is 34.0 Å². The van der Waals surface area contributed by atoms with Crippen LogP contribution in [0.4, 0.5) is 17.1 Å². The summed E-state index contributed by atoms with van der Waals surface area (Å²) in [5, 5.41) is 30.1. The van der Waals surface area contributed by atoms with Crippen LogP contribution in [0.5, 0.6) is 0 Å². The Balaban J connectivity index is 1.72. The summed E-state index contributed by atoms with van der Waals surface area (Å²) < 4.78 is 0. The van der Waals surface area contributed by atoms with Crippen LogP contribution in [0.3, 0.4) is 0 Å². The highest BCUT2D eigenvalue weighted by molar-refractivity contribution is 5.98. The highest BCUT2D eigenvalue weighted by Gasteiger charge is 2.24. The van der Waals surface area contributed by atoms with Crippen molar-refractivity contribution in [3.8, 4) is 51.6 Å². The lowest BCUT2D eigenvalue weighted by Gasteiger charge is -2.32. The van der Waals surface area contributed by atoms with E-state index in [4.69, 9.17) is 0 Å². The predicted molar refractivity (Wildman–Crippen MR) is 172 cm³/mol. The van der Waals surface area contributed by atoms with Crippen molar-refractivity contribution in [3.05, 3.63) is 162 Å². The minimum Gasteiger partial charge on any atom is -0.309 e. The molecule has 0 radical (unpaired) electrons. The number of hydrogen-bond donors (Lipinski definition) is 0. The number of para-hydroxylation sites is 3. The molecule has 0 spiro atoms. The normalized spacial score (nSPS) is 10.3. The maximum absolute atomic E-state index is 10.0. The fourth-order valence-corrected chi connectivity index (χ4v) is 5.52. The highest BCUT2D eigenvalue weighted by Crippen LogP contribution is 2.48. The molecule has 43 heavy (non-hydrogen) atoms. The van der Waals surface area contributed by atoms with Crippen LogP contribution in [-0.2, 0) is 0 Å². The van der Waals surface area contributed by atoms with Crippen molar-refractivity contribution in [1.29, 1.82) is 15.8 Å². The van der Waals surface area contributed by atoms with Gasteiger partial charge in [-0.15, -0.1) is 0 Å². The summed E-state index contributed by atoms with van der Waals surface area (Å²) in [6.07, 6.45) is 0. The first kappa shape index (κ1) is 26.8. The Morgan fingerprint density at radius 1 is 0.302 bits per heavy atom. The van der Waals surface area contributed by atoms with Crippen LogP contribution in [0.15, 0.2) is 146 Å². The van der Waals surface area contributed by atoms with Gasteiger partial charge in [0.25, 0.3) is 0 Å². The number of nitrogens with zero attached hydrogens (tertiary/aromatic N) is 4. The molecule has 0 saturated carbocycles. The quantitative estimate of drug-likeness (QED) is 0.208. The molecule has 0 aliphatic carbocycles. The predicted octanol–water partition coefficient (Wildman–Crippen LogP) is 9.77. The zero-order valence-electron chi connectivity index (χ0n) is 23.1. The van der Waals surface area contributed by atoms with Crippen molar-refractivity contribution < 1.29 is 0 Å². The number of rotatable bonds is 6. The zero-order chi connectivity index (χ0) is 29.6. The summed E-state index contributed by atoms with van der Waals surface area (Å²) in [6.45, 7) is 0. The lowest BCUT2D eigenvalue weighted by Crippen LogP contribution is -2.14. The largest absolute Gasteiger partial charge is 0.309 e. The van der Waals surface area contributed by atoms with Gasteiger partial charge in [-0.1, -0.05) is 109 Å². The minimum absolute atomic E-state index is 0.570. The van der Waals surface area contributed by atoms with Crippen molar-refractivity contribution in [2.24, 2.45) is 0 Å². The third-order valence-corrected chi connectivity index (χ3v) is 7.45. The average Bonchev–Trinajstić information content (AvgIpc) is 3.09. The van der Waals surface area contributed by atoms with Gasteiger partial charge in [0.15, 0.2) is 0 Å². The monoisotopic (exact) mass is 548 g/mol. The summed E-state index contributed by atoms with van der Waals surface area (Å²) in [5.74, 6) is 0. The van der Waals surface area contributed by atoms with Crippen LogP contribution < -0.4 is 4.90 Å². The van der Waals surface area contributed by atoms with Crippen molar-refractivity contribution >= 4 is 17.1 Å². The molecule has 0 unspecified atom stereocenters. The molecule has 0 aliphatic rings. The van der Waals surface area contributed by atoms with E-state index in [9.17, 15) is 15.8 Å². The maximum atomic E-state index is 10.0. The second-order valence-corrected chi connectivity index (χ2v) is 9.86. The third kappa shape index (κ3) is 5.00. The molecular formula is C39H24N4. The molecule has 0 N–H and O–H groups in total. The van der Waals surface area contributed by atoms with E-state index < -0.39 is 0 Å². The van der Waals surface area contributed by atoms with Crippen LogP contribution in [0.1, 0.15) is 16.7 Å². The first-order valence-corrected chi connectivity index (χ1v) is 13.8. The van der Waals surface area contributed by atoms with Crippen LogP contribution in [0.2, 0.25) is 0 Å². The Hall–Kier alpha value is -6.41. The molecule has 6 aromatic carbocycles. The van der Waals surface area contributed by atoms with Crippen molar-refractivity contribution in [2.75, 3.05) is 4.90 Å². The lowest BCUT2D eigenvalue weighted by atomic mass is 9.93.